The number of nitrogens with zero attached hydrogens (tertiary/aromatic N) is 4. The number of ether oxygens (including phenoxy) is 1. The molecule has 4 rings (SSSR count). The molecule has 0 amide bonds. The van der Waals surface area contributed by atoms with Gasteiger partial charge < -0.3 is 4.74 Å². The van der Waals surface area contributed by atoms with Gasteiger partial charge in [-0.3, -0.25) is 0 Å². The number of cyclic esters (lactones) is 2. The van der Waals surface area contributed by atoms with Gasteiger partial charge in [-0.25, -0.2) is 14.6 Å². The summed E-state index contributed by atoms with van der Waals surface area (Å²) in [5, 5.41) is 11.7. The molecule has 1 aliphatic heterocycles. The molecule has 0 spiro atoms. The molecule has 0 aromatic carbocycles. The summed E-state index contributed by atoms with van der Waals surface area (Å²) >= 11 is 2.88. The van der Waals surface area contributed by atoms with Crippen molar-refractivity contribution in [3.8, 4) is 15.7 Å². The molecule has 0 bridgehead atoms. The van der Waals surface area contributed by atoms with Gasteiger partial charge in [-0.2, -0.15) is 4.68 Å². The van der Waals surface area contributed by atoms with Crippen molar-refractivity contribution in [2.45, 2.75) is 0 Å². The fourth-order valence-corrected chi connectivity index (χ4v) is 3.35. The van der Waals surface area contributed by atoms with Gasteiger partial charge in [0, 0.05) is 5.38 Å². The average molecular weight is 304 g/mol. The van der Waals surface area contributed by atoms with Crippen LogP contribution in [0.1, 0.15) is 21.0 Å². The molecule has 0 saturated carbocycles. The van der Waals surface area contributed by atoms with Crippen LogP contribution in [0.25, 0.3) is 15.7 Å². The third-order valence-corrected chi connectivity index (χ3v) is 4.40. The molecule has 1 aliphatic rings. The number of rotatable bonds is 2. The Morgan fingerprint density at radius 1 is 1.20 bits per heavy atom. The van der Waals surface area contributed by atoms with E-state index in [1.807, 2.05) is 22.9 Å². The summed E-state index contributed by atoms with van der Waals surface area (Å²) in [6.07, 6.45) is 0. The van der Waals surface area contributed by atoms with Crippen LogP contribution in [0.3, 0.4) is 0 Å². The second kappa shape index (κ2) is 4.05. The highest BCUT2D eigenvalue weighted by Gasteiger charge is 2.37. The van der Waals surface area contributed by atoms with Gasteiger partial charge in [-0.05, 0) is 11.4 Å². The lowest BCUT2D eigenvalue weighted by Crippen LogP contribution is -2.08. The van der Waals surface area contributed by atoms with Crippen molar-refractivity contribution >= 4 is 34.6 Å². The molecular formula is C11H4N4O3S2. The van der Waals surface area contributed by atoms with Gasteiger partial charge >= 0.3 is 11.9 Å². The fraction of sp³-hybridized carbons (Fsp3) is 0. The Hall–Kier alpha value is -2.39. The monoisotopic (exact) mass is 304 g/mol. The number of hydrogen-bond acceptors (Lipinski definition) is 8. The molecule has 9 heteroatoms. The maximum atomic E-state index is 11.6. The average Bonchev–Trinajstić information content (AvgIpc) is 3.17. The maximum Gasteiger partial charge on any atom is 0.369 e. The minimum Gasteiger partial charge on any atom is -0.383 e. The van der Waals surface area contributed by atoms with Crippen LogP contribution in [0.5, 0.6) is 0 Å². The molecule has 3 aromatic rings. The minimum atomic E-state index is -0.772. The summed E-state index contributed by atoms with van der Waals surface area (Å²) in [6, 6.07) is 3.88. The number of carbonyl (C=O) groups is 2. The lowest BCUT2D eigenvalue weighted by Gasteiger charge is -1.96. The molecule has 20 heavy (non-hydrogen) atoms. The molecule has 0 aliphatic carbocycles. The maximum absolute atomic E-state index is 11.6. The third kappa shape index (κ3) is 1.53. The van der Waals surface area contributed by atoms with Gasteiger partial charge in [0.2, 0.25) is 10.8 Å². The molecule has 0 atom stereocenters. The third-order valence-electron chi connectivity index (χ3n) is 2.69. The first-order valence-corrected chi connectivity index (χ1v) is 7.22. The van der Waals surface area contributed by atoms with E-state index in [9.17, 15) is 9.59 Å². The number of carbonyl (C=O) groups excluding carboxylic acids is 2. The number of hydrogen-bond donors (Lipinski definition) is 0. The van der Waals surface area contributed by atoms with Gasteiger partial charge in [-0.15, -0.1) is 27.8 Å². The van der Waals surface area contributed by atoms with Gasteiger partial charge in [0.1, 0.15) is 0 Å². The van der Waals surface area contributed by atoms with Crippen molar-refractivity contribution in [2.75, 3.05) is 0 Å². The van der Waals surface area contributed by atoms with Crippen molar-refractivity contribution in [1.82, 2.24) is 20.0 Å². The first-order chi connectivity index (χ1) is 9.74. The highest BCUT2D eigenvalue weighted by Crippen LogP contribution is 2.29. The predicted octanol–water partition coefficient (Wildman–Crippen LogP) is 1.76. The SMILES string of the molecule is O=C1OC(=O)c2c1nnn2-c1nc(-c2cccs2)cs1. The van der Waals surface area contributed by atoms with Crippen LogP contribution in [-0.2, 0) is 4.74 Å². The van der Waals surface area contributed by atoms with Crippen LogP contribution < -0.4 is 0 Å². The first kappa shape index (κ1) is 11.4. The van der Waals surface area contributed by atoms with Crippen LogP contribution in [0.4, 0.5) is 0 Å². The smallest absolute Gasteiger partial charge is 0.369 e. The Balaban J connectivity index is 1.82. The molecule has 0 fully saturated rings. The lowest BCUT2D eigenvalue weighted by atomic mass is 10.4. The van der Waals surface area contributed by atoms with E-state index in [4.69, 9.17) is 0 Å². The van der Waals surface area contributed by atoms with Crippen molar-refractivity contribution in [3.05, 3.63) is 34.3 Å². The zero-order chi connectivity index (χ0) is 13.7. The molecule has 0 N–H and O–H groups in total. The summed E-state index contributed by atoms with van der Waals surface area (Å²) in [5.74, 6) is -1.52. The summed E-state index contributed by atoms with van der Waals surface area (Å²) in [6.45, 7) is 0. The Morgan fingerprint density at radius 2 is 2.10 bits per heavy atom. The van der Waals surface area contributed by atoms with E-state index in [-0.39, 0.29) is 11.4 Å². The molecule has 7 nitrogen and oxygen atoms in total. The summed E-state index contributed by atoms with van der Waals surface area (Å²) < 4.78 is 5.73. The Kier molecular flexibility index (Phi) is 2.32. The lowest BCUT2D eigenvalue weighted by molar-refractivity contribution is 0.0434. The quantitative estimate of drug-likeness (QED) is 0.529. The van der Waals surface area contributed by atoms with E-state index in [0.717, 1.165) is 10.6 Å². The Morgan fingerprint density at radius 3 is 2.90 bits per heavy atom. The van der Waals surface area contributed by atoms with Crippen molar-refractivity contribution in [1.29, 1.82) is 0 Å². The topological polar surface area (TPSA) is 87.0 Å². The molecule has 0 radical (unpaired) electrons. The fourth-order valence-electron chi connectivity index (χ4n) is 1.82. The Labute approximate surface area is 119 Å². The first-order valence-electron chi connectivity index (χ1n) is 5.46. The molecule has 4 heterocycles. The van der Waals surface area contributed by atoms with Crippen molar-refractivity contribution < 1.29 is 14.3 Å². The van der Waals surface area contributed by atoms with E-state index in [0.29, 0.717) is 5.13 Å². The highest BCUT2D eigenvalue weighted by atomic mass is 32.1. The minimum absolute atomic E-state index is 0.0297. The van der Waals surface area contributed by atoms with Crippen LogP contribution >= 0.6 is 22.7 Å². The molecule has 98 valence electrons. The van der Waals surface area contributed by atoms with Crippen molar-refractivity contribution in [2.24, 2.45) is 0 Å². The predicted molar refractivity (Wildman–Crippen MR) is 70.1 cm³/mol. The van der Waals surface area contributed by atoms with Gasteiger partial charge in [0.05, 0.1) is 10.6 Å². The molecule has 0 saturated heterocycles. The van der Waals surface area contributed by atoms with Crippen LogP contribution in [0, 0.1) is 0 Å². The number of aromatic nitrogens is 4. The normalized spacial score (nSPS) is 13.6. The van der Waals surface area contributed by atoms with Crippen LogP contribution in [0.15, 0.2) is 22.9 Å². The summed E-state index contributed by atoms with van der Waals surface area (Å²) in [7, 11) is 0. The number of esters is 2. The number of fused-ring (bicyclic) bond motifs is 1. The second-order valence-electron chi connectivity index (χ2n) is 3.87. The molecular weight excluding hydrogens is 300 g/mol. The van der Waals surface area contributed by atoms with E-state index in [1.54, 1.807) is 11.3 Å². The summed E-state index contributed by atoms with van der Waals surface area (Å²) in [4.78, 5) is 28.4. The molecule has 0 unspecified atom stereocenters. The van der Waals surface area contributed by atoms with Gasteiger partial charge in [-0.1, -0.05) is 11.3 Å². The number of thiazole rings is 1. The van der Waals surface area contributed by atoms with Gasteiger partial charge in [0.25, 0.3) is 0 Å². The van der Waals surface area contributed by atoms with Gasteiger partial charge in [0.15, 0.2) is 5.69 Å². The zero-order valence-corrected chi connectivity index (χ0v) is 11.3. The largest absolute Gasteiger partial charge is 0.383 e. The van der Waals surface area contributed by atoms with Crippen LogP contribution in [-0.4, -0.2) is 31.9 Å². The standard InChI is InChI=1S/C11H4N4O3S2/c16-9-7-8(10(17)18-9)15(14-13-7)11-12-5(4-20-11)6-2-1-3-19-6/h1-4H. The van der Waals surface area contributed by atoms with E-state index in [1.165, 1.54) is 16.0 Å². The van der Waals surface area contributed by atoms with E-state index >= 15 is 0 Å². The second-order valence-corrected chi connectivity index (χ2v) is 5.65. The highest BCUT2D eigenvalue weighted by molar-refractivity contribution is 7.15. The van der Waals surface area contributed by atoms with E-state index in [2.05, 4.69) is 20.0 Å². The number of thiophene rings is 1. The van der Waals surface area contributed by atoms with Crippen LogP contribution in [0.2, 0.25) is 0 Å². The molecule has 3 aromatic heterocycles. The Bertz CT molecular complexity index is 834. The van der Waals surface area contributed by atoms with Crippen molar-refractivity contribution in [3.63, 3.8) is 0 Å². The summed E-state index contributed by atoms with van der Waals surface area (Å²) in [5.41, 5.74) is 0.756. The van der Waals surface area contributed by atoms with E-state index < -0.39 is 11.9 Å². The zero-order valence-electron chi connectivity index (χ0n) is 9.64.